The predicted molar refractivity (Wildman–Crippen MR) is 34.8 cm³/mol. The molecule has 2 N–H and O–H groups in total. The van der Waals surface area contributed by atoms with Crippen molar-refractivity contribution in [1.29, 1.82) is 0 Å². The minimum Gasteiger partial charge on any atom is -0.344 e. The first kappa shape index (κ1) is 6.55. The number of amides is 1. The monoisotopic (exact) mass is 128 g/mol. The molecule has 0 unspecified atom stereocenters. The second-order valence-electron chi connectivity index (χ2n) is 2.51. The number of likely N-dealkylation sites (tertiary alicyclic amines) is 1. The van der Waals surface area contributed by atoms with E-state index >= 15 is 0 Å². The molecular weight excluding hydrogens is 116 g/mol. The Morgan fingerprint density at radius 3 is 2.89 bits per heavy atom. The van der Waals surface area contributed by atoms with Crippen LogP contribution in [-0.2, 0) is 4.79 Å². The average Bonchev–Trinajstić information content (AvgIpc) is 1.83. The molecule has 1 amide bonds. The van der Waals surface area contributed by atoms with E-state index in [0.717, 1.165) is 19.4 Å². The summed E-state index contributed by atoms with van der Waals surface area (Å²) in [5.41, 5.74) is 5.48. The fourth-order valence-electron chi connectivity index (χ4n) is 1.07. The minimum absolute atomic E-state index is 0.0845. The van der Waals surface area contributed by atoms with Gasteiger partial charge in [0.25, 0.3) is 0 Å². The third kappa shape index (κ3) is 1.21. The second-order valence-corrected chi connectivity index (χ2v) is 2.51. The van der Waals surface area contributed by atoms with E-state index in [1.807, 2.05) is 0 Å². The standard InChI is InChI=1S/C6H12N2O/c1-8-4-2-3-5(7)6(8)9/h5H,2-4,7H2,1H3/t5-/m1/s1. The zero-order valence-corrected chi connectivity index (χ0v) is 5.63. The van der Waals surface area contributed by atoms with Gasteiger partial charge in [0.2, 0.25) is 5.91 Å². The highest BCUT2D eigenvalue weighted by Crippen LogP contribution is 2.06. The highest BCUT2D eigenvalue weighted by Gasteiger charge is 2.21. The Bertz CT molecular complexity index is 112. The summed E-state index contributed by atoms with van der Waals surface area (Å²) in [4.78, 5) is 12.6. The maximum atomic E-state index is 10.9. The van der Waals surface area contributed by atoms with Crippen molar-refractivity contribution in [1.82, 2.24) is 4.90 Å². The molecule has 0 aliphatic carbocycles. The van der Waals surface area contributed by atoms with Gasteiger partial charge in [-0.3, -0.25) is 4.79 Å². The maximum Gasteiger partial charge on any atom is 0.239 e. The Hall–Kier alpha value is -0.570. The summed E-state index contributed by atoms with van der Waals surface area (Å²) in [7, 11) is 1.79. The quantitative estimate of drug-likeness (QED) is 0.481. The van der Waals surface area contributed by atoms with Gasteiger partial charge in [-0.1, -0.05) is 0 Å². The fourth-order valence-corrected chi connectivity index (χ4v) is 1.07. The first-order valence-electron chi connectivity index (χ1n) is 3.22. The summed E-state index contributed by atoms with van der Waals surface area (Å²) in [6.45, 7) is 0.868. The summed E-state index contributed by atoms with van der Waals surface area (Å²) in [5, 5.41) is 0. The number of nitrogens with two attached hydrogens (primary N) is 1. The predicted octanol–water partition coefficient (Wildman–Crippen LogP) is -0.434. The molecule has 1 heterocycles. The van der Waals surface area contributed by atoms with Gasteiger partial charge in [0, 0.05) is 13.6 Å². The van der Waals surface area contributed by atoms with Gasteiger partial charge in [0.15, 0.2) is 0 Å². The molecule has 0 aromatic carbocycles. The zero-order chi connectivity index (χ0) is 6.85. The van der Waals surface area contributed by atoms with E-state index in [4.69, 9.17) is 5.73 Å². The molecule has 0 radical (unpaired) electrons. The molecule has 1 aliphatic rings. The number of carbonyl (C=O) groups is 1. The molecular formula is C6H12N2O. The van der Waals surface area contributed by atoms with E-state index in [-0.39, 0.29) is 11.9 Å². The summed E-state index contributed by atoms with van der Waals surface area (Å²) in [5.74, 6) is 0.0845. The summed E-state index contributed by atoms with van der Waals surface area (Å²) in [6, 6.07) is -0.233. The molecule has 1 rings (SSSR count). The van der Waals surface area contributed by atoms with Crippen molar-refractivity contribution in [3.8, 4) is 0 Å². The topological polar surface area (TPSA) is 46.3 Å². The Kier molecular flexibility index (Phi) is 1.71. The van der Waals surface area contributed by atoms with Gasteiger partial charge in [-0.2, -0.15) is 0 Å². The highest BCUT2D eigenvalue weighted by atomic mass is 16.2. The number of piperidine rings is 1. The first-order chi connectivity index (χ1) is 4.22. The maximum absolute atomic E-state index is 10.9. The number of hydrogen-bond donors (Lipinski definition) is 1. The van der Waals surface area contributed by atoms with Crippen LogP contribution in [0.5, 0.6) is 0 Å². The number of likely N-dealkylation sites (N-methyl/N-ethyl adjacent to an activating group) is 1. The van der Waals surface area contributed by atoms with Gasteiger partial charge in [-0.15, -0.1) is 0 Å². The van der Waals surface area contributed by atoms with Gasteiger partial charge in [0.1, 0.15) is 0 Å². The van der Waals surface area contributed by atoms with E-state index < -0.39 is 0 Å². The van der Waals surface area contributed by atoms with Gasteiger partial charge in [-0.05, 0) is 12.8 Å². The van der Waals surface area contributed by atoms with Crippen molar-refractivity contribution in [3.63, 3.8) is 0 Å². The van der Waals surface area contributed by atoms with Crippen molar-refractivity contribution in [2.45, 2.75) is 18.9 Å². The number of carbonyl (C=O) groups excluding carboxylic acids is 1. The van der Waals surface area contributed by atoms with Crippen molar-refractivity contribution >= 4 is 5.91 Å². The Morgan fingerprint density at radius 1 is 1.78 bits per heavy atom. The lowest BCUT2D eigenvalue weighted by molar-refractivity contribution is -0.133. The molecule has 1 aliphatic heterocycles. The highest BCUT2D eigenvalue weighted by molar-refractivity contribution is 5.81. The van der Waals surface area contributed by atoms with E-state index in [0.29, 0.717) is 0 Å². The van der Waals surface area contributed by atoms with Gasteiger partial charge in [0.05, 0.1) is 6.04 Å². The van der Waals surface area contributed by atoms with E-state index in [1.54, 1.807) is 11.9 Å². The Morgan fingerprint density at radius 2 is 2.44 bits per heavy atom. The fraction of sp³-hybridized carbons (Fsp3) is 0.833. The zero-order valence-electron chi connectivity index (χ0n) is 5.63. The third-order valence-electron chi connectivity index (χ3n) is 1.70. The van der Waals surface area contributed by atoms with Crippen LogP contribution in [0.1, 0.15) is 12.8 Å². The van der Waals surface area contributed by atoms with Crippen LogP contribution < -0.4 is 5.73 Å². The number of hydrogen-bond acceptors (Lipinski definition) is 2. The molecule has 0 bridgehead atoms. The molecule has 0 aromatic rings. The van der Waals surface area contributed by atoms with Crippen LogP contribution in [0.25, 0.3) is 0 Å². The van der Waals surface area contributed by atoms with Crippen molar-refractivity contribution in [2.24, 2.45) is 5.73 Å². The van der Waals surface area contributed by atoms with E-state index in [9.17, 15) is 4.79 Å². The van der Waals surface area contributed by atoms with Crippen LogP contribution >= 0.6 is 0 Å². The van der Waals surface area contributed by atoms with E-state index in [1.165, 1.54) is 0 Å². The van der Waals surface area contributed by atoms with Crippen LogP contribution in [0.15, 0.2) is 0 Å². The lowest BCUT2D eigenvalue weighted by Crippen LogP contribution is -2.46. The molecule has 1 atom stereocenters. The van der Waals surface area contributed by atoms with Crippen LogP contribution in [0.4, 0.5) is 0 Å². The van der Waals surface area contributed by atoms with Crippen molar-refractivity contribution in [3.05, 3.63) is 0 Å². The molecule has 52 valence electrons. The average molecular weight is 128 g/mol. The first-order valence-corrected chi connectivity index (χ1v) is 3.22. The van der Waals surface area contributed by atoms with E-state index in [2.05, 4.69) is 0 Å². The lowest BCUT2D eigenvalue weighted by atomic mass is 10.1. The largest absolute Gasteiger partial charge is 0.344 e. The van der Waals surface area contributed by atoms with Crippen LogP contribution in [0, 0.1) is 0 Å². The molecule has 1 saturated heterocycles. The van der Waals surface area contributed by atoms with Crippen molar-refractivity contribution in [2.75, 3.05) is 13.6 Å². The van der Waals surface area contributed by atoms with Gasteiger partial charge < -0.3 is 10.6 Å². The van der Waals surface area contributed by atoms with Crippen LogP contribution in [0.2, 0.25) is 0 Å². The molecule has 3 nitrogen and oxygen atoms in total. The number of nitrogens with zero attached hydrogens (tertiary/aromatic N) is 1. The second kappa shape index (κ2) is 2.35. The minimum atomic E-state index is -0.233. The van der Waals surface area contributed by atoms with Crippen molar-refractivity contribution < 1.29 is 4.79 Å². The summed E-state index contributed by atoms with van der Waals surface area (Å²) in [6.07, 6.45) is 1.90. The smallest absolute Gasteiger partial charge is 0.239 e. The molecule has 9 heavy (non-hydrogen) atoms. The molecule has 0 aromatic heterocycles. The molecule has 3 heteroatoms. The Balaban J connectivity index is 2.52. The van der Waals surface area contributed by atoms with Crippen LogP contribution in [-0.4, -0.2) is 30.4 Å². The summed E-state index contributed by atoms with van der Waals surface area (Å²) >= 11 is 0. The number of rotatable bonds is 0. The molecule has 1 fully saturated rings. The molecule has 0 saturated carbocycles. The Labute approximate surface area is 54.8 Å². The normalized spacial score (nSPS) is 28.9. The molecule has 0 spiro atoms. The van der Waals surface area contributed by atoms with Gasteiger partial charge >= 0.3 is 0 Å². The van der Waals surface area contributed by atoms with Gasteiger partial charge in [-0.25, -0.2) is 0 Å². The third-order valence-corrected chi connectivity index (χ3v) is 1.70. The lowest BCUT2D eigenvalue weighted by Gasteiger charge is -2.26. The SMILES string of the molecule is CN1CCC[C@@H](N)C1=O. The van der Waals surface area contributed by atoms with Crippen LogP contribution in [0.3, 0.4) is 0 Å². The summed E-state index contributed by atoms with van der Waals surface area (Å²) < 4.78 is 0.